The fourth-order valence-electron chi connectivity index (χ4n) is 3.83. The van der Waals surface area contributed by atoms with Crippen LogP contribution in [0.15, 0.2) is 64.2 Å². The molecular weight excluding hydrogens is 475 g/mol. The molecule has 0 aliphatic rings. The minimum atomic E-state index is -4.67. The minimum Gasteiger partial charge on any atom is -0.327 e. The van der Waals surface area contributed by atoms with Gasteiger partial charge in [0.25, 0.3) is 11.5 Å². The number of fused-ring (bicyclic) bond motifs is 1. The molecule has 0 unspecified atom stereocenters. The van der Waals surface area contributed by atoms with Crippen molar-refractivity contribution < 1.29 is 18.0 Å². The van der Waals surface area contributed by atoms with Crippen molar-refractivity contribution in [3.63, 3.8) is 0 Å². The minimum absolute atomic E-state index is 0.130. The predicted molar refractivity (Wildman–Crippen MR) is 127 cm³/mol. The number of aromatic nitrogens is 4. The summed E-state index contributed by atoms with van der Waals surface area (Å²) in [6.07, 6.45) is -4.67. The maximum atomic E-state index is 13.6. The Balaban J connectivity index is 1.78. The number of hydrogen-bond donors (Lipinski definition) is 1. The lowest BCUT2D eigenvalue weighted by Gasteiger charge is -2.26. The number of halogens is 3. The van der Waals surface area contributed by atoms with E-state index in [2.05, 4.69) is 15.1 Å². The molecule has 0 aliphatic heterocycles. The average molecular weight is 497 g/mol. The molecule has 11 heteroatoms. The maximum absolute atomic E-state index is 13.6. The van der Waals surface area contributed by atoms with Crippen LogP contribution in [0.2, 0.25) is 0 Å². The third kappa shape index (κ3) is 4.77. The number of rotatable bonds is 5. The first kappa shape index (κ1) is 24.8. The topological polar surface area (TPSA) is 101 Å². The number of para-hydroxylation sites is 2. The van der Waals surface area contributed by atoms with Gasteiger partial charge in [-0.2, -0.15) is 18.3 Å². The van der Waals surface area contributed by atoms with E-state index >= 15 is 0 Å². The Bertz CT molecular complexity index is 1570. The molecule has 1 N–H and O–H groups in total. The monoisotopic (exact) mass is 497 g/mol. The van der Waals surface area contributed by atoms with Crippen molar-refractivity contribution >= 4 is 16.8 Å². The highest BCUT2D eigenvalue weighted by Gasteiger charge is 2.34. The fraction of sp³-hybridized carbons (Fsp3) is 0.240. The average Bonchev–Trinajstić information content (AvgIpc) is 2.81. The highest BCUT2D eigenvalue weighted by atomic mass is 19.4. The summed E-state index contributed by atoms with van der Waals surface area (Å²) in [6.45, 7) is 4.68. The van der Waals surface area contributed by atoms with E-state index in [4.69, 9.17) is 0 Å². The summed E-state index contributed by atoms with van der Waals surface area (Å²) in [5.41, 5.74) is -2.36. The van der Waals surface area contributed by atoms with Crippen LogP contribution in [0, 0.1) is 6.92 Å². The molecule has 0 saturated carbocycles. The Hall–Kier alpha value is -4.28. The molecule has 0 atom stereocenters. The lowest BCUT2D eigenvalue weighted by Crippen LogP contribution is -2.41. The second-order valence-corrected chi connectivity index (χ2v) is 8.48. The van der Waals surface area contributed by atoms with Gasteiger partial charge < -0.3 is 9.88 Å². The van der Waals surface area contributed by atoms with Crippen LogP contribution in [0.25, 0.3) is 16.6 Å². The van der Waals surface area contributed by atoms with Crippen LogP contribution in [0.1, 0.15) is 41.4 Å². The highest BCUT2D eigenvalue weighted by molar-refractivity contribution is 5.92. The normalized spacial score (nSPS) is 11.8. The summed E-state index contributed by atoms with van der Waals surface area (Å²) in [5, 5.41) is 4.43. The van der Waals surface area contributed by atoms with E-state index in [-0.39, 0.29) is 29.3 Å². The number of amides is 1. The zero-order chi connectivity index (χ0) is 26.2. The van der Waals surface area contributed by atoms with Gasteiger partial charge in [-0.1, -0.05) is 24.3 Å². The van der Waals surface area contributed by atoms with E-state index in [1.165, 1.54) is 30.0 Å². The van der Waals surface area contributed by atoms with E-state index in [0.717, 1.165) is 16.8 Å². The quantitative estimate of drug-likeness (QED) is 0.452. The molecule has 2 aromatic heterocycles. The van der Waals surface area contributed by atoms with Crippen LogP contribution in [-0.4, -0.2) is 36.6 Å². The molecule has 0 saturated heterocycles. The molecular formula is C25H22F3N5O3. The lowest BCUT2D eigenvalue weighted by molar-refractivity contribution is -0.137. The lowest BCUT2D eigenvalue weighted by atomic mass is 10.1. The van der Waals surface area contributed by atoms with Crippen LogP contribution in [0.4, 0.5) is 13.2 Å². The molecule has 0 radical (unpaired) electrons. The second-order valence-electron chi connectivity index (χ2n) is 8.48. The molecule has 0 bridgehead atoms. The van der Waals surface area contributed by atoms with Crippen molar-refractivity contribution in [1.82, 2.24) is 24.6 Å². The van der Waals surface area contributed by atoms with Crippen LogP contribution < -0.4 is 11.0 Å². The Morgan fingerprint density at radius 2 is 1.75 bits per heavy atom. The number of nitrogens with zero attached hydrogens (tertiary/aromatic N) is 4. The van der Waals surface area contributed by atoms with Gasteiger partial charge in [-0.3, -0.25) is 14.4 Å². The molecule has 0 aliphatic carbocycles. The smallest absolute Gasteiger partial charge is 0.327 e. The van der Waals surface area contributed by atoms with Crippen molar-refractivity contribution in [2.45, 2.75) is 39.5 Å². The van der Waals surface area contributed by atoms with Gasteiger partial charge in [-0.05, 0) is 45.0 Å². The molecule has 36 heavy (non-hydrogen) atoms. The van der Waals surface area contributed by atoms with Gasteiger partial charge in [-0.25, -0.2) is 9.67 Å². The largest absolute Gasteiger partial charge is 0.418 e. The number of nitrogens with one attached hydrogen (secondary N) is 1. The number of benzene rings is 2. The number of aromatic amines is 1. The number of hydrogen-bond acceptors (Lipinski definition) is 5. The SMILES string of the molecule is Cc1cc(=O)c(C(=O)N(Cc2nc3ccccc3c(=O)[nH]2)C(C)C)nn1-c1ccccc1C(F)(F)F. The highest BCUT2D eigenvalue weighted by Crippen LogP contribution is 2.33. The standard InChI is InChI=1S/C25H22F3N5O3/c1-14(2)32(13-21-29-18-10-6-4-8-16(18)23(35)30-21)24(36)22-20(34)12-15(3)33(31-22)19-11-7-5-9-17(19)25(26,27)28/h4-12,14H,13H2,1-3H3,(H,29,30,35). The van der Waals surface area contributed by atoms with E-state index in [0.29, 0.717) is 10.9 Å². The summed E-state index contributed by atoms with van der Waals surface area (Å²) >= 11 is 0. The van der Waals surface area contributed by atoms with E-state index in [1.54, 1.807) is 38.1 Å². The molecule has 0 spiro atoms. The Labute approximate surface area is 203 Å². The Morgan fingerprint density at radius 1 is 1.08 bits per heavy atom. The van der Waals surface area contributed by atoms with Gasteiger partial charge in [0.05, 0.1) is 28.7 Å². The summed E-state index contributed by atoms with van der Waals surface area (Å²) < 4.78 is 41.8. The first-order chi connectivity index (χ1) is 17.0. The first-order valence-electron chi connectivity index (χ1n) is 11.0. The Morgan fingerprint density at radius 3 is 2.44 bits per heavy atom. The van der Waals surface area contributed by atoms with Gasteiger partial charge >= 0.3 is 6.18 Å². The molecule has 4 rings (SSSR count). The molecule has 2 aromatic carbocycles. The van der Waals surface area contributed by atoms with E-state index < -0.39 is 34.8 Å². The summed E-state index contributed by atoms with van der Waals surface area (Å²) in [4.78, 5) is 46.9. The number of carbonyl (C=O) groups excluding carboxylic acids is 1. The number of H-pyrrole nitrogens is 1. The van der Waals surface area contributed by atoms with Gasteiger partial charge in [0.2, 0.25) is 5.43 Å². The third-order valence-corrected chi connectivity index (χ3v) is 5.61. The number of carbonyl (C=O) groups is 1. The summed E-state index contributed by atoms with van der Waals surface area (Å²) in [6, 6.07) is 12.1. The predicted octanol–water partition coefficient (Wildman–Crippen LogP) is 3.85. The van der Waals surface area contributed by atoms with Crippen molar-refractivity contribution in [3.05, 3.63) is 98.0 Å². The summed E-state index contributed by atoms with van der Waals surface area (Å²) in [5.74, 6) is -0.611. The fourth-order valence-corrected chi connectivity index (χ4v) is 3.83. The first-order valence-corrected chi connectivity index (χ1v) is 11.0. The molecule has 0 fully saturated rings. The second kappa shape index (κ2) is 9.40. The molecule has 186 valence electrons. The van der Waals surface area contributed by atoms with Crippen LogP contribution >= 0.6 is 0 Å². The number of aryl methyl sites for hydroxylation is 1. The van der Waals surface area contributed by atoms with Crippen LogP contribution in [0.3, 0.4) is 0 Å². The van der Waals surface area contributed by atoms with E-state index in [1.807, 2.05) is 0 Å². The van der Waals surface area contributed by atoms with Gasteiger partial charge in [0.15, 0.2) is 5.69 Å². The van der Waals surface area contributed by atoms with Gasteiger partial charge in [-0.15, -0.1) is 0 Å². The van der Waals surface area contributed by atoms with Gasteiger partial charge in [0.1, 0.15) is 5.82 Å². The van der Waals surface area contributed by atoms with Crippen molar-refractivity contribution in [2.75, 3.05) is 0 Å². The Kier molecular flexibility index (Phi) is 6.49. The molecule has 2 heterocycles. The number of alkyl halides is 3. The van der Waals surface area contributed by atoms with Crippen LogP contribution in [0.5, 0.6) is 0 Å². The van der Waals surface area contributed by atoms with E-state index in [9.17, 15) is 27.6 Å². The maximum Gasteiger partial charge on any atom is 0.418 e. The molecule has 1 amide bonds. The third-order valence-electron chi connectivity index (χ3n) is 5.61. The van der Waals surface area contributed by atoms with Crippen LogP contribution in [-0.2, 0) is 12.7 Å². The van der Waals surface area contributed by atoms with Crippen molar-refractivity contribution in [2.24, 2.45) is 0 Å². The molecule has 4 aromatic rings. The van der Waals surface area contributed by atoms with Crippen molar-refractivity contribution in [3.8, 4) is 5.69 Å². The van der Waals surface area contributed by atoms with Gasteiger partial charge in [0, 0.05) is 17.8 Å². The molecule has 8 nitrogen and oxygen atoms in total. The summed E-state index contributed by atoms with van der Waals surface area (Å²) in [7, 11) is 0. The zero-order valence-electron chi connectivity index (χ0n) is 19.6. The van der Waals surface area contributed by atoms with Crippen molar-refractivity contribution in [1.29, 1.82) is 0 Å². The zero-order valence-corrected chi connectivity index (χ0v) is 19.6.